The SMILES string of the molecule is COC(=O)C[C@H]1[C@@]2(C)C[C@]3(O)[C@@](OC(C)=O)([C@H]4O[C@]5(C)C[C@@H]6[C@](C)([C@@H](OC(C)=O)c7ccoc7)[C@@H](O)[C@@H](OC(C)=O)[C@@](O)([C@@]64O5)[C@]13C)[C@H]2OC(C)=O. The van der Waals surface area contributed by atoms with Crippen molar-refractivity contribution in [1.29, 1.82) is 0 Å². The predicted octanol–water partition coefficient (Wildman–Crippen LogP) is 1.41. The second kappa shape index (κ2) is 10.8. The maximum Gasteiger partial charge on any atom is 0.305 e. The van der Waals surface area contributed by atoms with Gasteiger partial charge in [0.2, 0.25) is 5.60 Å². The molecule has 1 aromatic heterocycles. The summed E-state index contributed by atoms with van der Waals surface area (Å²) in [6.07, 6.45) is -6.48. The number of methoxy groups -OCH3 is 1. The minimum atomic E-state index is -2.67. The number of hydrogen-bond donors (Lipinski definition) is 3. The van der Waals surface area contributed by atoms with Crippen molar-refractivity contribution in [2.45, 2.75) is 133 Å². The molecule has 0 radical (unpaired) electrons. The van der Waals surface area contributed by atoms with Crippen molar-refractivity contribution in [1.82, 2.24) is 0 Å². The van der Waals surface area contributed by atoms with Crippen molar-refractivity contribution in [3.63, 3.8) is 0 Å². The van der Waals surface area contributed by atoms with E-state index in [9.17, 15) is 39.3 Å². The second-order valence-electron chi connectivity index (χ2n) is 16.4. The first-order valence-electron chi connectivity index (χ1n) is 17.3. The molecule has 2 aliphatic heterocycles. The Kier molecular flexibility index (Phi) is 7.62. The molecule has 4 aliphatic carbocycles. The number of fused-ring (bicyclic) bond motifs is 4. The molecule has 16 heteroatoms. The number of aliphatic hydroxyl groups is 3. The monoisotopic (exact) mass is 734 g/mol. The Morgan fingerprint density at radius 3 is 2.15 bits per heavy atom. The average Bonchev–Trinajstić information content (AvgIpc) is 3.82. The van der Waals surface area contributed by atoms with Gasteiger partial charge < -0.3 is 52.9 Å². The Bertz CT molecular complexity index is 1740. The third-order valence-electron chi connectivity index (χ3n) is 13.9. The standard InChI is InChI=1S/C36H46O16/c1-16(37)47-25(20-10-11-46-14-20)31(7)22-13-30(6)51-28-34(22,52-30)36(44,26(24(31)42)48-17(2)38)32(8)21(12-23(41)45-9)29(5)15-33(32,43)35(28,50-19(4)40)27(29)49-18(3)39/h10-11,14,21-22,24-28,42-44H,12-13,15H2,1-9H3/t21-,22+,24-,25-,26+,27-,28-,29+,30-,31-,32+,33+,34+,35-,36-/m0/s1. The first-order valence-corrected chi connectivity index (χ1v) is 17.3. The van der Waals surface area contributed by atoms with E-state index in [2.05, 4.69) is 0 Å². The van der Waals surface area contributed by atoms with Crippen LogP contribution in [0.1, 0.15) is 86.3 Å². The first-order chi connectivity index (χ1) is 24.0. The third kappa shape index (κ3) is 3.82. The fourth-order valence-electron chi connectivity index (χ4n) is 12.5. The highest BCUT2D eigenvalue weighted by atomic mass is 16.8. The van der Waals surface area contributed by atoms with E-state index in [1.807, 2.05) is 0 Å². The van der Waals surface area contributed by atoms with Gasteiger partial charge in [-0.15, -0.1) is 0 Å². The van der Waals surface area contributed by atoms with Crippen molar-refractivity contribution in [3.05, 3.63) is 24.2 Å². The number of ether oxygens (including phenoxy) is 7. The van der Waals surface area contributed by atoms with Crippen LogP contribution in [0, 0.1) is 28.1 Å². The van der Waals surface area contributed by atoms with Crippen molar-refractivity contribution in [2.75, 3.05) is 7.11 Å². The first kappa shape index (κ1) is 36.8. The molecule has 2 saturated heterocycles. The lowest BCUT2D eigenvalue weighted by Gasteiger charge is -2.77. The number of esters is 5. The number of hydrogen-bond acceptors (Lipinski definition) is 16. The zero-order chi connectivity index (χ0) is 38.4. The molecule has 286 valence electrons. The number of rotatable bonds is 8. The van der Waals surface area contributed by atoms with Gasteiger partial charge in [0, 0.05) is 68.3 Å². The zero-order valence-corrected chi connectivity index (χ0v) is 30.5. The summed E-state index contributed by atoms with van der Waals surface area (Å²) in [5.74, 6) is -8.03. The molecule has 16 nitrogen and oxygen atoms in total. The lowest BCUT2D eigenvalue weighted by molar-refractivity contribution is -0.440. The van der Waals surface area contributed by atoms with E-state index in [1.165, 1.54) is 39.5 Å². The Balaban J connectivity index is 1.63. The van der Waals surface area contributed by atoms with E-state index >= 15 is 0 Å². The zero-order valence-electron chi connectivity index (χ0n) is 30.5. The summed E-state index contributed by atoms with van der Waals surface area (Å²) < 4.78 is 48.4. The molecule has 52 heavy (non-hydrogen) atoms. The predicted molar refractivity (Wildman–Crippen MR) is 169 cm³/mol. The Labute approximate surface area is 299 Å². The van der Waals surface area contributed by atoms with Crippen molar-refractivity contribution >= 4 is 29.8 Å². The van der Waals surface area contributed by atoms with Gasteiger partial charge in [-0.2, -0.15) is 0 Å². The summed E-state index contributed by atoms with van der Waals surface area (Å²) in [4.78, 5) is 65.6. The largest absolute Gasteiger partial charge is 0.472 e. The Morgan fingerprint density at radius 2 is 1.62 bits per heavy atom. The van der Waals surface area contributed by atoms with Crippen LogP contribution in [0.4, 0.5) is 0 Å². The maximum absolute atomic E-state index is 14.1. The molecule has 1 aromatic rings. The molecular formula is C36H46O16. The van der Waals surface area contributed by atoms with Gasteiger partial charge in [0.15, 0.2) is 18.0 Å². The minimum absolute atomic E-state index is 0.0659. The molecule has 4 bridgehead atoms. The normalized spacial score (nSPS) is 49.5. The smallest absolute Gasteiger partial charge is 0.305 e. The molecule has 7 rings (SSSR count). The number of carbonyl (C=O) groups excluding carboxylic acids is 5. The fraction of sp³-hybridized carbons (Fsp3) is 0.750. The highest BCUT2D eigenvalue weighted by molar-refractivity contribution is 5.73. The van der Waals surface area contributed by atoms with Gasteiger partial charge in [-0.25, -0.2) is 0 Å². The number of aliphatic hydroxyl groups excluding tert-OH is 1. The van der Waals surface area contributed by atoms with E-state index in [1.54, 1.807) is 20.8 Å². The molecule has 6 fully saturated rings. The summed E-state index contributed by atoms with van der Waals surface area (Å²) in [6.45, 7) is 10.8. The van der Waals surface area contributed by atoms with Crippen molar-refractivity contribution in [2.24, 2.45) is 28.1 Å². The molecule has 4 saturated carbocycles. The lowest BCUT2D eigenvalue weighted by atomic mass is 9.32. The minimum Gasteiger partial charge on any atom is -0.472 e. The molecule has 3 N–H and O–H groups in total. The van der Waals surface area contributed by atoms with Gasteiger partial charge in [-0.1, -0.05) is 20.8 Å². The van der Waals surface area contributed by atoms with E-state index in [4.69, 9.17) is 37.6 Å². The van der Waals surface area contributed by atoms with E-state index in [0.29, 0.717) is 5.56 Å². The van der Waals surface area contributed by atoms with Crippen LogP contribution in [0.15, 0.2) is 23.0 Å². The van der Waals surface area contributed by atoms with Gasteiger partial charge >= 0.3 is 29.8 Å². The molecule has 1 spiro atoms. The van der Waals surface area contributed by atoms with Gasteiger partial charge in [0.25, 0.3) is 0 Å². The molecule has 15 atom stereocenters. The van der Waals surface area contributed by atoms with Gasteiger partial charge in [-0.05, 0) is 25.3 Å². The Hall–Kier alpha value is -3.57. The van der Waals surface area contributed by atoms with Crippen LogP contribution < -0.4 is 0 Å². The van der Waals surface area contributed by atoms with Crippen LogP contribution >= 0.6 is 0 Å². The highest BCUT2D eigenvalue weighted by Gasteiger charge is 3.03. The highest BCUT2D eigenvalue weighted by Crippen LogP contribution is 2.87. The van der Waals surface area contributed by atoms with Crippen LogP contribution in [0.5, 0.6) is 0 Å². The van der Waals surface area contributed by atoms with Gasteiger partial charge in [-0.3, -0.25) is 24.0 Å². The molecule has 0 unspecified atom stereocenters. The second-order valence-corrected chi connectivity index (χ2v) is 16.4. The molecule has 3 heterocycles. The van der Waals surface area contributed by atoms with Crippen molar-refractivity contribution < 1.29 is 76.9 Å². The Morgan fingerprint density at radius 1 is 0.962 bits per heavy atom. The average molecular weight is 735 g/mol. The summed E-state index contributed by atoms with van der Waals surface area (Å²) in [5, 5.41) is 40.4. The van der Waals surface area contributed by atoms with Crippen LogP contribution in [0.25, 0.3) is 0 Å². The summed E-state index contributed by atoms with van der Waals surface area (Å²) in [5.41, 5.74) is -14.5. The van der Waals surface area contributed by atoms with Crippen LogP contribution in [0.3, 0.4) is 0 Å². The maximum atomic E-state index is 14.1. The van der Waals surface area contributed by atoms with Crippen molar-refractivity contribution in [3.8, 4) is 0 Å². The number of carbonyl (C=O) groups is 5. The summed E-state index contributed by atoms with van der Waals surface area (Å²) in [7, 11) is 1.17. The summed E-state index contributed by atoms with van der Waals surface area (Å²) in [6, 6.07) is 1.54. The van der Waals surface area contributed by atoms with Crippen LogP contribution in [-0.4, -0.2) is 105 Å². The molecule has 0 aromatic carbocycles. The summed E-state index contributed by atoms with van der Waals surface area (Å²) >= 11 is 0. The quantitative estimate of drug-likeness (QED) is 0.254. The van der Waals surface area contributed by atoms with Gasteiger partial charge in [0.1, 0.15) is 35.1 Å². The third-order valence-corrected chi connectivity index (χ3v) is 13.9. The van der Waals surface area contributed by atoms with E-state index < -0.39 is 123 Å². The fourth-order valence-corrected chi connectivity index (χ4v) is 12.5. The topological polar surface area (TPSA) is 224 Å². The van der Waals surface area contributed by atoms with E-state index in [0.717, 1.165) is 20.8 Å². The van der Waals surface area contributed by atoms with Crippen LogP contribution in [0.2, 0.25) is 0 Å². The molecular weight excluding hydrogens is 688 g/mol. The molecule has 0 amide bonds. The van der Waals surface area contributed by atoms with E-state index in [-0.39, 0.29) is 12.8 Å². The van der Waals surface area contributed by atoms with Crippen LogP contribution in [-0.2, 0) is 57.1 Å². The van der Waals surface area contributed by atoms with Gasteiger partial charge in [0.05, 0.1) is 19.6 Å². The lowest BCUT2D eigenvalue weighted by Crippen LogP contribution is -2.96. The molecule has 6 aliphatic rings. The number of furan rings is 1.